The number of rotatable bonds is 6. The Morgan fingerprint density at radius 1 is 0.640 bits per heavy atom. The molecule has 8 rings (SSSR count). The van der Waals surface area contributed by atoms with E-state index in [1.54, 1.807) is 62.6 Å². The molecule has 10 heteroatoms. The lowest BCUT2D eigenvalue weighted by atomic mass is 9.85. The van der Waals surface area contributed by atoms with E-state index in [1.165, 1.54) is 23.6 Å². The van der Waals surface area contributed by atoms with Crippen molar-refractivity contribution in [2.75, 3.05) is 14.1 Å². The molecule has 6 bridgehead atoms. The van der Waals surface area contributed by atoms with E-state index < -0.39 is 46.9 Å². The molecular formula is C40H36N6O4. The van der Waals surface area contributed by atoms with E-state index in [2.05, 4.69) is 21.8 Å². The fourth-order valence-electron chi connectivity index (χ4n) is 7.46. The fraction of sp³-hybridized carbons (Fsp3) is 0.250. The van der Waals surface area contributed by atoms with Gasteiger partial charge in [-0.1, -0.05) is 84.6 Å². The molecule has 4 N–H and O–H groups in total. The molecule has 0 saturated heterocycles. The predicted molar refractivity (Wildman–Crippen MR) is 188 cm³/mol. The number of benzene rings is 4. The van der Waals surface area contributed by atoms with Gasteiger partial charge in [-0.2, -0.15) is 0 Å². The maximum atomic E-state index is 14.2. The molecule has 2 aliphatic rings. The number of fused-ring (bicyclic) bond motifs is 4. The fourth-order valence-corrected chi connectivity index (χ4v) is 7.46. The summed E-state index contributed by atoms with van der Waals surface area (Å²) < 4.78 is 0. The van der Waals surface area contributed by atoms with Gasteiger partial charge in [0.2, 0.25) is 0 Å². The number of nitrogens with one attached hydrogen (secondary N) is 2. The Bertz CT molecular complexity index is 2180. The van der Waals surface area contributed by atoms with Crippen molar-refractivity contribution in [3.8, 4) is 11.8 Å². The third kappa shape index (κ3) is 4.89. The van der Waals surface area contributed by atoms with Crippen LogP contribution in [0, 0.1) is 11.8 Å². The van der Waals surface area contributed by atoms with Crippen molar-refractivity contribution in [1.29, 1.82) is 0 Å². The van der Waals surface area contributed by atoms with E-state index in [1.807, 2.05) is 48.5 Å². The van der Waals surface area contributed by atoms with Crippen molar-refractivity contribution in [1.82, 2.24) is 29.7 Å². The first kappa shape index (κ1) is 31.5. The lowest BCUT2D eigenvalue weighted by Crippen LogP contribution is -2.46. The minimum absolute atomic E-state index is 0.477. The minimum atomic E-state index is -1.81. The van der Waals surface area contributed by atoms with Gasteiger partial charge in [0, 0.05) is 14.1 Å². The Kier molecular flexibility index (Phi) is 7.19. The highest BCUT2D eigenvalue weighted by molar-refractivity contribution is 5.88. The van der Waals surface area contributed by atoms with Crippen LogP contribution in [0.3, 0.4) is 0 Å². The summed E-state index contributed by atoms with van der Waals surface area (Å²) in [7, 11) is 3.33. The number of hydrogen-bond acceptors (Lipinski definition) is 6. The van der Waals surface area contributed by atoms with Gasteiger partial charge in [-0.15, -0.1) is 0 Å². The van der Waals surface area contributed by atoms with E-state index in [4.69, 9.17) is 9.97 Å². The van der Waals surface area contributed by atoms with Gasteiger partial charge >= 0.3 is 0 Å². The Morgan fingerprint density at radius 3 is 1.40 bits per heavy atom. The molecule has 0 spiro atoms. The molecule has 4 heterocycles. The molecule has 0 saturated carbocycles. The Morgan fingerprint density at radius 2 is 1.02 bits per heavy atom. The van der Waals surface area contributed by atoms with E-state index in [0.29, 0.717) is 22.8 Å². The summed E-state index contributed by atoms with van der Waals surface area (Å²) in [5.41, 5.74) is 2.29. The maximum Gasteiger partial charge on any atom is 0.259 e. The lowest BCUT2D eigenvalue weighted by molar-refractivity contribution is -0.152. The number of carbonyl (C=O) groups excluding carboxylic acids is 2. The number of carbonyl (C=O) groups is 2. The van der Waals surface area contributed by atoms with Gasteiger partial charge in [0.1, 0.15) is 23.7 Å². The van der Waals surface area contributed by atoms with Gasteiger partial charge < -0.3 is 30.0 Å². The normalized spacial score (nSPS) is 21.3. The number of likely N-dealkylation sites (N-methyl/N-ethyl adjacent to an activating group) is 2. The number of amides is 2. The van der Waals surface area contributed by atoms with Crippen molar-refractivity contribution in [2.24, 2.45) is 0 Å². The number of nitrogens with zero attached hydrogens (tertiary/aromatic N) is 4. The molecule has 2 aliphatic heterocycles. The zero-order chi connectivity index (χ0) is 34.9. The molecular weight excluding hydrogens is 628 g/mol. The van der Waals surface area contributed by atoms with Crippen molar-refractivity contribution >= 4 is 33.9 Å². The lowest BCUT2D eigenvalue weighted by Gasteiger charge is -2.37. The first-order valence-corrected chi connectivity index (χ1v) is 16.6. The second-order valence-electron chi connectivity index (χ2n) is 13.6. The summed E-state index contributed by atoms with van der Waals surface area (Å²) >= 11 is 0. The number of imidazole rings is 2. The van der Waals surface area contributed by atoms with E-state index in [0.717, 1.165) is 33.2 Å². The molecule has 2 unspecified atom stereocenters. The van der Waals surface area contributed by atoms with Crippen LogP contribution in [-0.2, 0) is 20.8 Å². The Hall–Kier alpha value is -5.76. The molecule has 10 nitrogen and oxygen atoms in total. The van der Waals surface area contributed by atoms with Crippen molar-refractivity contribution in [2.45, 2.75) is 49.0 Å². The second-order valence-corrected chi connectivity index (χ2v) is 13.6. The molecule has 4 aromatic carbocycles. The van der Waals surface area contributed by atoms with Gasteiger partial charge in [0.25, 0.3) is 11.8 Å². The number of aliphatic hydroxyl groups is 2. The minimum Gasteiger partial charge on any atom is -0.376 e. The largest absolute Gasteiger partial charge is 0.376 e. The van der Waals surface area contributed by atoms with Crippen LogP contribution < -0.4 is 0 Å². The monoisotopic (exact) mass is 664 g/mol. The van der Waals surface area contributed by atoms with Crippen LogP contribution in [0.2, 0.25) is 0 Å². The molecule has 0 fully saturated rings. The van der Waals surface area contributed by atoms with Crippen LogP contribution in [0.1, 0.15) is 71.7 Å². The maximum absolute atomic E-state index is 14.2. The van der Waals surface area contributed by atoms with Gasteiger partial charge in [-0.05, 0) is 60.4 Å². The predicted octanol–water partition coefficient (Wildman–Crippen LogP) is 5.15. The summed E-state index contributed by atoms with van der Waals surface area (Å²) in [5.74, 6) is 6.06. The highest BCUT2D eigenvalue weighted by Gasteiger charge is 2.44. The van der Waals surface area contributed by atoms with Crippen LogP contribution in [0.15, 0.2) is 97.1 Å². The molecule has 2 aromatic heterocycles. The van der Waals surface area contributed by atoms with E-state index >= 15 is 0 Å². The summed E-state index contributed by atoms with van der Waals surface area (Å²) in [5, 5.41) is 23.2. The third-order valence-corrected chi connectivity index (χ3v) is 10.3. The zero-order valence-electron chi connectivity index (χ0n) is 28.0. The average molecular weight is 665 g/mol. The van der Waals surface area contributed by atoms with Gasteiger partial charge in [0.05, 0.1) is 33.9 Å². The van der Waals surface area contributed by atoms with Crippen LogP contribution in [0.25, 0.3) is 22.1 Å². The first-order chi connectivity index (χ1) is 23.9. The molecule has 2 amide bonds. The summed E-state index contributed by atoms with van der Waals surface area (Å²) in [6.07, 6.45) is 0. The summed E-state index contributed by atoms with van der Waals surface area (Å²) in [4.78, 5) is 47.8. The summed E-state index contributed by atoms with van der Waals surface area (Å²) in [6.45, 7) is 3.00. The van der Waals surface area contributed by atoms with Crippen LogP contribution in [0.4, 0.5) is 0 Å². The Balaban J connectivity index is 1.21. The smallest absolute Gasteiger partial charge is 0.259 e. The van der Waals surface area contributed by atoms with E-state index in [9.17, 15) is 19.8 Å². The number of aromatic amines is 2. The standard InChI is InChI=1S/C40H36N6O4/c1-39(49,25-11-7-5-8-12-25)37(47)45(3)33-27(23-15-19-29-31(21-23)43-35(33)41-29)17-18-28-24-16-20-30-32(22-24)44-36(42-30)34(28)46(4)38(48)40(2,50)26-13-9-6-10-14-26/h5-16,19-22,27-28,33-34,49-50H,1-4H3,(H,41,43)(H,42,44)/t27?,28?,33-,34-,39-,40-/m0/s1. The average Bonchev–Trinajstić information content (AvgIpc) is 3.68. The molecule has 6 atom stereocenters. The molecule has 6 aromatic rings. The van der Waals surface area contributed by atoms with Gasteiger partial charge in [0.15, 0.2) is 11.2 Å². The molecule has 250 valence electrons. The van der Waals surface area contributed by atoms with Crippen molar-refractivity contribution in [3.05, 3.63) is 131 Å². The molecule has 0 aliphatic carbocycles. The van der Waals surface area contributed by atoms with Crippen molar-refractivity contribution < 1.29 is 19.8 Å². The van der Waals surface area contributed by atoms with Crippen LogP contribution in [-0.4, -0.2) is 65.9 Å². The zero-order valence-corrected chi connectivity index (χ0v) is 28.0. The SMILES string of the molecule is CN(C(=O)[C@@](C)(O)c1ccccc1)[C@@H]1c2nc3cc(ccc3[nH]2)C1C#CC1c2ccc3[nH]c(nc3c2)[C@H]1N(C)C(=O)[C@@](C)(O)c1ccccc1. The highest BCUT2D eigenvalue weighted by Crippen LogP contribution is 2.43. The summed E-state index contributed by atoms with van der Waals surface area (Å²) in [6, 6.07) is 28.2. The van der Waals surface area contributed by atoms with Gasteiger partial charge in [-0.25, -0.2) is 9.97 Å². The van der Waals surface area contributed by atoms with Crippen LogP contribution in [0.5, 0.6) is 0 Å². The number of H-pyrrole nitrogens is 2. The molecule has 0 radical (unpaired) electrons. The van der Waals surface area contributed by atoms with Gasteiger partial charge in [-0.3, -0.25) is 9.59 Å². The Labute approximate surface area is 288 Å². The van der Waals surface area contributed by atoms with Crippen molar-refractivity contribution in [3.63, 3.8) is 0 Å². The first-order valence-electron chi connectivity index (χ1n) is 16.6. The third-order valence-electron chi connectivity index (χ3n) is 10.3. The second kappa shape index (κ2) is 11.4. The number of aromatic nitrogens is 4. The highest BCUT2D eigenvalue weighted by atomic mass is 16.3. The quantitative estimate of drug-likeness (QED) is 0.182. The molecule has 50 heavy (non-hydrogen) atoms. The number of hydrogen-bond donors (Lipinski definition) is 4. The van der Waals surface area contributed by atoms with E-state index in [-0.39, 0.29) is 0 Å². The van der Waals surface area contributed by atoms with Crippen LogP contribution >= 0.6 is 0 Å². The topological polar surface area (TPSA) is 138 Å².